The van der Waals surface area contributed by atoms with Crippen LogP contribution in [0.2, 0.25) is 5.02 Å². The largest absolute Gasteiger partial charge is 0.343 e. The molecule has 0 unspecified atom stereocenters. The lowest BCUT2D eigenvalue weighted by Crippen LogP contribution is -2.17. The van der Waals surface area contributed by atoms with Crippen LogP contribution in [0, 0.1) is 0 Å². The first-order valence-corrected chi connectivity index (χ1v) is 7.67. The third-order valence-corrected chi connectivity index (χ3v) is 4.29. The third-order valence-electron chi connectivity index (χ3n) is 2.84. The molecule has 0 spiro atoms. The molecular formula is C13H17ClN4OS. The summed E-state index contributed by atoms with van der Waals surface area (Å²) in [6.45, 7) is 3.19. The van der Waals surface area contributed by atoms with E-state index in [1.54, 1.807) is 4.57 Å². The summed E-state index contributed by atoms with van der Waals surface area (Å²) in [5.41, 5.74) is 6.45. The van der Waals surface area contributed by atoms with Gasteiger partial charge in [0.05, 0.1) is 0 Å². The number of nitrogens with two attached hydrogens (primary N) is 1. The first kappa shape index (κ1) is 15.2. The Bertz CT molecular complexity index is 638. The van der Waals surface area contributed by atoms with Crippen LogP contribution >= 0.6 is 23.4 Å². The molecule has 0 amide bonds. The molecule has 0 saturated carbocycles. The molecule has 0 aliphatic carbocycles. The molecular weight excluding hydrogens is 296 g/mol. The molecule has 1 heterocycles. The van der Waals surface area contributed by atoms with Crippen molar-refractivity contribution in [3.05, 3.63) is 39.3 Å². The Kier molecular flexibility index (Phi) is 5.28. The van der Waals surface area contributed by atoms with Crippen molar-refractivity contribution in [1.82, 2.24) is 14.8 Å². The van der Waals surface area contributed by atoms with Crippen LogP contribution in [0.25, 0.3) is 0 Å². The van der Waals surface area contributed by atoms with Crippen LogP contribution in [0.4, 0.5) is 0 Å². The highest BCUT2D eigenvalue weighted by Crippen LogP contribution is 2.32. The Morgan fingerprint density at radius 2 is 2.30 bits per heavy atom. The van der Waals surface area contributed by atoms with Crippen molar-refractivity contribution < 1.29 is 0 Å². The second-order valence-electron chi connectivity index (χ2n) is 4.32. The molecule has 7 heteroatoms. The zero-order chi connectivity index (χ0) is 14.5. The number of rotatable bonds is 6. The Morgan fingerprint density at radius 3 is 3.00 bits per heavy atom. The summed E-state index contributed by atoms with van der Waals surface area (Å²) in [6, 6.07) is 5.71. The Balaban J connectivity index is 2.35. The smallest absolute Gasteiger partial charge is 0.330 e. The molecule has 3 N–H and O–H groups in total. The summed E-state index contributed by atoms with van der Waals surface area (Å²) >= 11 is 7.65. The highest BCUT2D eigenvalue weighted by atomic mass is 35.5. The maximum Gasteiger partial charge on any atom is 0.343 e. The Labute approximate surface area is 126 Å². The molecule has 0 fully saturated rings. The summed E-state index contributed by atoms with van der Waals surface area (Å²) in [4.78, 5) is 12.7. The van der Waals surface area contributed by atoms with E-state index in [9.17, 15) is 4.79 Å². The lowest BCUT2D eigenvalue weighted by atomic mass is 10.1. The quantitative estimate of drug-likeness (QED) is 0.858. The molecule has 108 valence electrons. The number of nitrogens with zero attached hydrogens (tertiary/aromatic N) is 2. The zero-order valence-corrected chi connectivity index (χ0v) is 12.8. The fraction of sp³-hybridized carbons (Fsp3) is 0.385. The summed E-state index contributed by atoms with van der Waals surface area (Å²) in [7, 11) is 0. The van der Waals surface area contributed by atoms with Crippen LogP contribution in [-0.2, 0) is 13.0 Å². The number of hydrogen-bond donors (Lipinski definition) is 2. The summed E-state index contributed by atoms with van der Waals surface area (Å²) in [6.07, 6.45) is 1.57. The van der Waals surface area contributed by atoms with Gasteiger partial charge >= 0.3 is 5.69 Å². The van der Waals surface area contributed by atoms with Gasteiger partial charge in [-0.1, -0.05) is 24.6 Å². The SMILES string of the molecule is CCCn1c(Sc2cccc(Cl)c2CCN)n[nH]c1=O. The van der Waals surface area contributed by atoms with Gasteiger partial charge in [0.15, 0.2) is 5.16 Å². The fourth-order valence-electron chi connectivity index (χ4n) is 1.92. The van der Waals surface area contributed by atoms with Crippen molar-refractivity contribution >= 4 is 23.4 Å². The van der Waals surface area contributed by atoms with Gasteiger partial charge in [-0.15, -0.1) is 5.10 Å². The predicted molar refractivity (Wildman–Crippen MR) is 81.5 cm³/mol. The second kappa shape index (κ2) is 6.97. The van der Waals surface area contributed by atoms with Crippen molar-refractivity contribution in [3.63, 3.8) is 0 Å². The van der Waals surface area contributed by atoms with Gasteiger partial charge < -0.3 is 5.73 Å². The van der Waals surface area contributed by atoms with Gasteiger partial charge in [-0.2, -0.15) is 0 Å². The molecule has 1 aromatic carbocycles. The van der Waals surface area contributed by atoms with Crippen LogP contribution < -0.4 is 11.4 Å². The molecule has 0 bridgehead atoms. The minimum atomic E-state index is -0.184. The maximum atomic E-state index is 11.7. The lowest BCUT2D eigenvalue weighted by Gasteiger charge is -2.10. The lowest BCUT2D eigenvalue weighted by molar-refractivity contribution is 0.604. The van der Waals surface area contributed by atoms with Crippen LogP contribution in [0.5, 0.6) is 0 Å². The topological polar surface area (TPSA) is 76.7 Å². The standard InChI is InChI=1S/C13H17ClN4OS/c1-2-8-18-12(19)16-17-13(18)20-11-5-3-4-10(14)9(11)6-7-15/h3-5H,2,6-8,15H2,1H3,(H,16,19). The van der Waals surface area contributed by atoms with Gasteiger partial charge in [0.1, 0.15) is 0 Å². The first-order valence-electron chi connectivity index (χ1n) is 6.47. The molecule has 0 atom stereocenters. The number of hydrogen-bond acceptors (Lipinski definition) is 4. The molecule has 0 aliphatic rings. The Hall–Kier alpha value is -1.24. The molecule has 1 aromatic heterocycles. The van der Waals surface area contributed by atoms with Crippen molar-refractivity contribution in [2.45, 2.75) is 36.4 Å². The number of H-pyrrole nitrogens is 1. The molecule has 2 rings (SSSR count). The van der Waals surface area contributed by atoms with Gasteiger partial charge in [-0.3, -0.25) is 4.57 Å². The fourth-order valence-corrected chi connectivity index (χ4v) is 3.30. The van der Waals surface area contributed by atoms with E-state index in [2.05, 4.69) is 10.2 Å². The van der Waals surface area contributed by atoms with E-state index in [0.29, 0.717) is 29.7 Å². The highest BCUT2D eigenvalue weighted by Gasteiger charge is 2.13. The number of aromatic amines is 1. The van der Waals surface area contributed by atoms with Crippen LogP contribution in [-0.4, -0.2) is 21.3 Å². The average molecular weight is 313 g/mol. The van der Waals surface area contributed by atoms with E-state index in [0.717, 1.165) is 16.9 Å². The molecule has 20 heavy (non-hydrogen) atoms. The van der Waals surface area contributed by atoms with Crippen molar-refractivity contribution in [1.29, 1.82) is 0 Å². The van der Waals surface area contributed by atoms with Crippen LogP contribution in [0.1, 0.15) is 18.9 Å². The van der Waals surface area contributed by atoms with Crippen molar-refractivity contribution in [3.8, 4) is 0 Å². The van der Waals surface area contributed by atoms with E-state index < -0.39 is 0 Å². The van der Waals surface area contributed by atoms with E-state index in [-0.39, 0.29) is 5.69 Å². The van der Waals surface area contributed by atoms with Gasteiger partial charge in [0, 0.05) is 16.5 Å². The molecule has 0 aliphatic heterocycles. The van der Waals surface area contributed by atoms with E-state index in [4.69, 9.17) is 17.3 Å². The number of benzene rings is 1. The number of halogens is 1. The van der Waals surface area contributed by atoms with Gasteiger partial charge in [-0.25, -0.2) is 9.89 Å². The highest BCUT2D eigenvalue weighted by molar-refractivity contribution is 7.99. The molecule has 5 nitrogen and oxygen atoms in total. The van der Waals surface area contributed by atoms with E-state index in [1.807, 2.05) is 25.1 Å². The van der Waals surface area contributed by atoms with E-state index >= 15 is 0 Å². The molecule has 0 saturated heterocycles. The number of aromatic nitrogens is 3. The summed E-state index contributed by atoms with van der Waals surface area (Å²) in [5.74, 6) is 0. The summed E-state index contributed by atoms with van der Waals surface area (Å²) in [5, 5.41) is 7.91. The summed E-state index contributed by atoms with van der Waals surface area (Å²) < 4.78 is 1.64. The first-order chi connectivity index (χ1) is 9.67. The van der Waals surface area contributed by atoms with Crippen LogP contribution in [0.15, 0.2) is 33.0 Å². The van der Waals surface area contributed by atoms with Gasteiger partial charge in [-0.05, 0) is 48.8 Å². The van der Waals surface area contributed by atoms with Crippen molar-refractivity contribution in [2.75, 3.05) is 6.54 Å². The maximum absolute atomic E-state index is 11.7. The molecule has 0 radical (unpaired) electrons. The minimum absolute atomic E-state index is 0.184. The normalized spacial score (nSPS) is 10.9. The zero-order valence-electron chi connectivity index (χ0n) is 11.2. The van der Waals surface area contributed by atoms with Gasteiger partial charge in [0.2, 0.25) is 0 Å². The minimum Gasteiger partial charge on any atom is -0.330 e. The predicted octanol–water partition coefficient (Wildman–Crippen LogP) is 2.29. The Morgan fingerprint density at radius 1 is 1.50 bits per heavy atom. The monoisotopic (exact) mass is 312 g/mol. The average Bonchev–Trinajstić information content (AvgIpc) is 2.76. The van der Waals surface area contributed by atoms with E-state index in [1.165, 1.54) is 11.8 Å². The second-order valence-corrected chi connectivity index (χ2v) is 5.74. The third kappa shape index (κ3) is 3.26. The van der Waals surface area contributed by atoms with Crippen LogP contribution in [0.3, 0.4) is 0 Å². The number of nitrogens with one attached hydrogen (secondary N) is 1. The van der Waals surface area contributed by atoms with Crippen molar-refractivity contribution in [2.24, 2.45) is 5.73 Å². The molecule has 2 aromatic rings. The van der Waals surface area contributed by atoms with Gasteiger partial charge in [0.25, 0.3) is 0 Å².